The molecule has 0 aliphatic heterocycles. The SMILES string of the molecule is CCCCOc1ccc(-c2cc3c4nn(CC(=O)Nc5ccc(CC)cc5)c(=O)n4ccn3n2)cc1. The highest BCUT2D eigenvalue weighted by Crippen LogP contribution is 2.24. The molecule has 3 aromatic heterocycles. The minimum Gasteiger partial charge on any atom is -0.494 e. The molecule has 36 heavy (non-hydrogen) atoms. The van der Waals surface area contributed by atoms with E-state index in [0.29, 0.717) is 23.5 Å². The summed E-state index contributed by atoms with van der Waals surface area (Å²) in [7, 11) is 0. The van der Waals surface area contributed by atoms with Crippen LogP contribution in [0.25, 0.3) is 22.4 Å². The van der Waals surface area contributed by atoms with Crippen molar-refractivity contribution in [2.75, 3.05) is 11.9 Å². The summed E-state index contributed by atoms with van der Waals surface area (Å²) < 4.78 is 10.0. The lowest BCUT2D eigenvalue weighted by Crippen LogP contribution is -2.28. The lowest BCUT2D eigenvalue weighted by Gasteiger charge is -2.05. The number of ether oxygens (including phenoxy) is 1. The Morgan fingerprint density at radius 1 is 1.00 bits per heavy atom. The summed E-state index contributed by atoms with van der Waals surface area (Å²) in [6.07, 6.45) is 6.34. The van der Waals surface area contributed by atoms with Gasteiger partial charge in [-0.1, -0.05) is 32.4 Å². The molecule has 0 bridgehead atoms. The predicted octanol–water partition coefficient (Wildman–Crippen LogP) is 4.19. The first-order chi connectivity index (χ1) is 17.6. The number of rotatable bonds is 9. The highest BCUT2D eigenvalue weighted by molar-refractivity contribution is 5.90. The van der Waals surface area contributed by atoms with E-state index in [1.54, 1.807) is 16.9 Å². The lowest BCUT2D eigenvalue weighted by molar-refractivity contribution is -0.117. The zero-order valence-electron chi connectivity index (χ0n) is 20.3. The molecule has 1 N–H and O–H groups in total. The number of aromatic nitrogens is 5. The molecule has 0 radical (unpaired) electrons. The molecule has 0 aliphatic carbocycles. The number of unbranched alkanes of at least 4 members (excludes halogenated alkanes) is 1. The molecule has 0 spiro atoms. The molecule has 0 saturated carbocycles. The number of benzene rings is 2. The average molecular weight is 485 g/mol. The van der Waals surface area contributed by atoms with Crippen molar-refractivity contribution in [3.05, 3.63) is 83.0 Å². The van der Waals surface area contributed by atoms with Crippen LogP contribution in [0.3, 0.4) is 0 Å². The first-order valence-corrected chi connectivity index (χ1v) is 12.2. The maximum absolute atomic E-state index is 12.9. The highest BCUT2D eigenvalue weighted by atomic mass is 16.5. The monoisotopic (exact) mass is 484 g/mol. The van der Waals surface area contributed by atoms with Gasteiger partial charge in [0.2, 0.25) is 5.91 Å². The number of carbonyl (C=O) groups excluding carboxylic acids is 1. The van der Waals surface area contributed by atoms with Gasteiger partial charge in [0.1, 0.15) is 17.8 Å². The van der Waals surface area contributed by atoms with Crippen LogP contribution < -0.4 is 15.7 Å². The Kier molecular flexibility index (Phi) is 6.53. The van der Waals surface area contributed by atoms with Crippen molar-refractivity contribution in [2.24, 2.45) is 0 Å². The van der Waals surface area contributed by atoms with E-state index >= 15 is 0 Å². The summed E-state index contributed by atoms with van der Waals surface area (Å²) >= 11 is 0. The van der Waals surface area contributed by atoms with Crippen LogP contribution in [-0.4, -0.2) is 36.3 Å². The topological polar surface area (TPSA) is 94.9 Å². The van der Waals surface area contributed by atoms with Gasteiger partial charge in [0.05, 0.1) is 12.3 Å². The number of hydrogen-bond donors (Lipinski definition) is 1. The van der Waals surface area contributed by atoms with Gasteiger partial charge < -0.3 is 10.1 Å². The predicted molar refractivity (Wildman–Crippen MR) is 138 cm³/mol. The highest BCUT2D eigenvalue weighted by Gasteiger charge is 2.15. The van der Waals surface area contributed by atoms with Crippen molar-refractivity contribution in [1.29, 1.82) is 0 Å². The van der Waals surface area contributed by atoms with Crippen molar-refractivity contribution >= 4 is 22.8 Å². The summed E-state index contributed by atoms with van der Waals surface area (Å²) in [5.41, 5.74) is 4.25. The van der Waals surface area contributed by atoms with Crippen LogP contribution in [0.5, 0.6) is 5.75 Å². The van der Waals surface area contributed by atoms with Crippen LogP contribution in [0.2, 0.25) is 0 Å². The van der Waals surface area contributed by atoms with Gasteiger partial charge in [-0.25, -0.2) is 18.4 Å². The molecule has 1 amide bonds. The van der Waals surface area contributed by atoms with Crippen LogP contribution in [0, 0.1) is 0 Å². The second-order valence-electron chi connectivity index (χ2n) is 8.62. The van der Waals surface area contributed by atoms with Crippen LogP contribution >= 0.6 is 0 Å². The van der Waals surface area contributed by atoms with E-state index in [2.05, 4.69) is 29.4 Å². The summed E-state index contributed by atoms with van der Waals surface area (Å²) in [6.45, 7) is 4.71. The van der Waals surface area contributed by atoms with Gasteiger partial charge in [0, 0.05) is 23.6 Å². The first kappa shape index (κ1) is 23.3. The van der Waals surface area contributed by atoms with Crippen molar-refractivity contribution in [3.8, 4) is 17.0 Å². The number of nitrogens with one attached hydrogen (secondary N) is 1. The second kappa shape index (κ2) is 10.1. The van der Waals surface area contributed by atoms with E-state index in [9.17, 15) is 9.59 Å². The number of fused-ring (bicyclic) bond motifs is 3. The van der Waals surface area contributed by atoms with Crippen molar-refractivity contribution < 1.29 is 9.53 Å². The number of nitrogens with zero attached hydrogens (tertiary/aromatic N) is 5. The molecule has 9 heteroatoms. The number of anilines is 1. The standard InChI is InChI=1S/C27H28N6O3/c1-3-5-16-36-22-12-8-20(9-13-22)23-17-24-26-30-33(27(35)31(26)14-15-32(24)29-23)18-25(34)28-21-10-6-19(4-2)7-11-21/h6-15,17H,3-5,16,18H2,1-2H3,(H,28,34). The van der Waals surface area contributed by atoms with Gasteiger partial charge in [0.25, 0.3) is 0 Å². The molecule has 0 aliphatic rings. The Bertz CT molecular complexity index is 1560. The third-order valence-corrected chi connectivity index (χ3v) is 6.05. The van der Waals surface area contributed by atoms with Crippen LogP contribution in [0.15, 0.2) is 71.8 Å². The van der Waals surface area contributed by atoms with E-state index in [0.717, 1.165) is 36.3 Å². The van der Waals surface area contributed by atoms with Gasteiger partial charge in [-0.15, -0.1) is 5.10 Å². The molecular weight excluding hydrogens is 456 g/mol. The van der Waals surface area contributed by atoms with E-state index in [-0.39, 0.29) is 18.1 Å². The Balaban J connectivity index is 1.38. The molecule has 0 fully saturated rings. The summed E-state index contributed by atoms with van der Waals surface area (Å²) in [4.78, 5) is 25.5. The Morgan fingerprint density at radius 2 is 1.78 bits per heavy atom. The smallest absolute Gasteiger partial charge is 0.350 e. The maximum Gasteiger partial charge on any atom is 0.350 e. The summed E-state index contributed by atoms with van der Waals surface area (Å²) in [6, 6.07) is 17.3. The third-order valence-electron chi connectivity index (χ3n) is 6.05. The van der Waals surface area contributed by atoms with Crippen molar-refractivity contribution in [2.45, 2.75) is 39.7 Å². The molecule has 9 nitrogen and oxygen atoms in total. The molecule has 0 unspecified atom stereocenters. The third kappa shape index (κ3) is 4.72. The van der Waals surface area contributed by atoms with Crippen molar-refractivity contribution in [3.63, 3.8) is 0 Å². The minimum atomic E-state index is -0.389. The second-order valence-corrected chi connectivity index (χ2v) is 8.62. The van der Waals surface area contributed by atoms with Gasteiger partial charge in [-0.3, -0.25) is 4.79 Å². The fraction of sp³-hybridized carbons (Fsp3) is 0.259. The van der Waals surface area contributed by atoms with E-state index < -0.39 is 0 Å². The molecule has 5 rings (SSSR count). The largest absolute Gasteiger partial charge is 0.494 e. The van der Waals surface area contributed by atoms with E-state index in [4.69, 9.17) is 4.74 Å². The first-order valence-electron chi connectivity index (χ1n) is 12.2. The molecule has 5 aromatic rings. The van der Waals surface area contributed by atoms with Gasteiger partial charge in [-0.2, -0.15) is 5.10 Å². The fourth-order valence-corrected chi connectivity index (χ4v) is 3.99. The lowest BCUT2D eigenvalue weighted by atomic mass is 10.1. The number of carbonyl (C=O) groups is 1. The average Bonchev–Trinajstić information content (AvgIpc) is 3.46. The van der Waals surface area contributed by atoms with Crippen LogP contribution in [-0.2, 0) is 17.8 Å². The number of amides is 1. The molecule has 184 valence electrons. The van der Waals surface area contributed by atoms with Crippen LogP contribution in [0.1, 0.15) is 32.3 Å². The number of aryl methyl sites for hydroxylation is 1. The molecule has 3 heterocycles. The Hall–Kier alpha value is -4.40. The van der Waals surface area contributed by atoms with E-state index in [1.165, 1.54) is 14.6 Å². The fourth-order valence-electron chi connectivity index (χ4n) is 3.99. The van der Waals surface area contributed by atoms with Gasteiger partial charge >= 0.3 is 5.69 Å². The molecule has 0 saturated heterocycles. The van der Waals surface area contributed by atoms with Crippen LogP contribution in [0.4, 0.5) is 5.69 Å². The summed E-state index contributed by atoms with van der Waals surface area (Å²) in [5.74, 6) is 0.499. The minimum absolute atomic E-state index is 0.192. The summed E-state index contributed by atoms with van der Waals surface area (Å²) in [5, 5.41) is 11.9. The quantitative estimate of drug-likeness (QED) is 0.317. The Labute approximate surface area is 207 Å². The molecule has 2 aromatic carbocycles. The number of hydrogen-bond acceptors (Lipinski definition) is 5. The normalized spacial score (nSPS) is 11.3. The zero-order valence-corrected chi connectivity index (χ0v) is 20.3. The molecular formula is C27H28N6O3. The van der Waals surface area contributed by atoms with Gasteiger partial charge in [0.15, 0.2) is 5.65 Å². The Morgan fingerprint density at radius 3 is 2.50 bits per heavy atom. The van der Waals surface area contributed by atoms with Gasteiger partial charge in [-0.05, 0) is 60.9 Å². The maximum atomic E-state index is 12.9. The van der Waals surface area contributed by atoms with E-state index in [1.807, 2.05) is 54.6 Å². The van der Waals surface area contributed by atoms with Crippen molar-refractivity contribution in [1.82, 2.24) is 23.8 Å². The zero-order chi connectivity index (χ0) is 25.1. The molecule has 0 atom stereocenters.